The Balaban J connectivity index is 1.80. The van der Waals surface area contributed by atoms with Gasteiger partial charge in [-0.2, -0.15) is 4.31 Å². The van der Waals surface area contributed by atoms with Crippen LogP contribution in [0.3, 0.4) is 0 Å². The molecule has 152 valence electrons. The van der Waals surface area contributed by atoms with Crippen LogP contribution < -0.4 is 5.32 Å². The molecule has 1 aliphatic heterocycles. The SMILES string of the molecule is CCN(CC)CCNC(=O)CCc1ccc(S(=O)(=O)N2CCOCC2)cc1. The second-order valence-electron chi connectivity index (χ2n) is 6.54. The molecule has 1 saturated heterocycles. The third kappa shape index (κ3) is 6.57. The minimum absolute atomic E-state index is 0.0205. The van der Waals surface area contributed by atoms with Gasteiger partial charge >= 0.3 is 0 Å². The molecule has 0 aromatic heterocycles. The van der Waals surface area contributed by atoms with Gasteiger partial charge in [0.15, 0.2) is 0 Å². The minimum Gasteiger partial charge on any atom is -0.379 e. The summed E-state index contributed by atoms with van der Waals surface area (Å²) in [5.74, 6) is 0.0205. The maximum atomic E-state index is 12.6. The summed E-state index contributed by atoms with van der Waals surface area (Å²) >= 11 is 0. The van der Waals surface area contributed by atoms with Gasteiger partial charge in [-0.1, -0.05) is 26.0 Å². The third-order valence-electron chi connectivity index (χ3n) is 4.82. The number of morpholine rings is 1. The maximum absolute atomic E-state index is 12.6. The van der Waals surface area contributed by atoms with Crippen LogP contribution in [0.2, 0.25) is 0 Å². The Morgan fingerprint density at radius 2 is 1.78 bits per heavy atom. The molecule has 2 rings (SSSR count). The van der Waals surface area contributed by atoms with Gasteiger partial charge in [-0.05, 0) is 37.2 Å². The summed E-state index contributed by atoms with van der Waals surface area (Å²) in [4.78, 5) is 14.5. The van der Waals surface area contributed by atoms with E-state index in [-0.39, 0.29) is 10.8 Å². The van der Waals surface area contributed by atoms with E-state index in [1.165, 1.54) is 4.31 Å². The zero-order valence-corrected chi connectivity index (χ0v) is 17.1. The van der Waals surface area contributed by atoms with Crippen molar-refractivity contribution >= 4 is 15.9 Å². The lowest BCUT2D eigenvalue weighted by atomic mass is 10.1. The summed E-state index contributed by atoms with van der Waals surface area (Å²) in [5.41, 5.74) is 0.954. The van der Waals surface area contributed by atoms with Crippen molar-refractivity contribution in [3.05, 3.63) is 29.8 Å². The van der Waals surface area contributed by atoms with Gasteiger partial charge in [-0.25, -0.2) is 8.42 Å². The number of carbonyl (C=O) groups excluding carboxylic acids is 1. The summed E-state index contributed by atoms with van der Waals surface area (Å²) in [6.07, 6.45) is 0.989. The summed E-state index contributed by atoms with van der Waals surface area (Å²) in [6.45, 7) is 9.31. The third-order valence-corrected chi connectivity index (χ3v) is 6.73. The van der Waals surface area contributed by atoms with E-state index in [0.717, 1.165) is 25.2 Å². The number of rotatable bonds is 10. The lowest BCUT2D eigenvalue weighted by Gasteiger charge is -2.26. The number of hydrogen-bond acceptors (Lipinski definition) is 5. The molecule has 1 heterocycles. The smallest absolute Gasteiger partial charge is 0.243 e. The number of likely N-dealkylation sites (N-methyl/N-ethyl adjacent to an activating group) is 1. The Morgan fingerprint density at radius 3 is 2.37 bits per heavy atom. The van der Waals surface area contributed by atoms with Crippen LogP contribution in [-0.4, -0.2) is 76.0 Å². The zero-order chi connectivity index (χ0) is 19.7. The summed E-state index contributed by atoms with van der Waals surface area (Å²) in [7, 11) is -3.47. The number of sulfonamides is 1. The van der Waals surface area contributed by atoms with E-state index in [9.17, 15) is 13.2 Å². The molecule has 0 aliphatic carbocycles. The zero-order valence-electron chi connectivity index (χ0n) is 16.3. The van der Waals surface area contributed by atoms with E-state index in [1.54, 1.807) is 24.3 Å². The van der Waals surface area contributed by atoms with Crippen molar-refractivity contribution in [1.82, 2.24) is 14.5 Å². The quantitative estimate of drug-likeness (QED) is 0.640. The van der Waals surface area contributed by atoms with Crippen molar-refractivity contribution in [2.45, 2.75) is 31.6 Å². The number of amides is 1. The molecule has 1 aliphatic rings. The predicted octanol–water partition coefficient (Wildman–Crippen LogP) is 1.10. The van der Waals surface area contributed by atoms with Crippen LogP contribution in [0.4, 0.5) is 0 Å². The maximum Gasteiger partial charge on any atom is 0.243 e. The molecule has 1 fully saturated rings. The molecule has 27 heavy (non-hydrogen) atoms. The van der Waals surface area contributed by atoms with Gasteiger partial charge < -0.3 is 15.0 Å². The van der Waals surface area contributed by atoms with Gasteiger partial charge in [0.25, 0.3) is 0 Å². The fourth-order valence-electron chi connectivity index (χ4n) is 3.00. The van der Waals surface area contributed by atoms with Gasteiger partial charge in [0.1, 0.15) is 0 Å². The normalized spacial score (nSPS) is 15.8. The number of benzene rings is 1. The first kappa shape index (κ1) is 21.8. The highest BCUT2D eigenvalue weighted by molar-refractivity contribution is 7.89. The molecule has 1 aromatic carbocycles. The Labute approximate surface area is 162 Å². The van der Waals surface area contributed by atoms with E-state index in [2.05, 4.69) is 24.1 Å². The largest absolute Gasteiger partial charge is 0.379 e. The first-order valence-corrected chi connectivity index (χ1v) is 11.1. The standard InChI is InChI=1S/C19H31N3O4S/c1-3-21(4-2)12-11-20-19(23)10-7-17-5-8-18(9-6-17)27(24,25)22-13-15-26-16-14-22/h5-6,8-9H,3-4,7,10-16H2,1-2H3,(H,20,23). The van der Waals surface area contributed by atoms with Crippen LogP contribution in [0.15, 0.2) is 29.2 Å². The molecule has 0 bridgehead atoms. The Kier molecular flexibility index (Phi) is 8.69. The van der Waals surface area contributed by atoms with Crippen molar-refractivity contribution in [1.29, 1.82) is 0 Å². The van der Waals surface area contributed by atoms with Crippen LogP contribution in [-0.2, 0) is 26.0 Å². The van der Waals surface area contributed by atoms with Gasteiger partial charge in [-0.15, -0.1) is 0 Å². The fraction of sp³-hybridized carbons (Fsp3) is 0.632. The highest BCUT2D eigenvalue weighted by Gasteiger charge is 2.26. The molecule has 0 atom stereocenters. The van der Waals surface area contributed by atoms with Crippen LogP contribution in [0.5, 0.6) is 0 Å². The Morgan fingerprint density at radius 1 is 1.15 bits per heavy atom. The van der Waals surface area contributed by atoms with Crippen molar-refractivity contribution in [3.8, 4) is 0 Å². The number of hydrogen-bond donors (Lipinski definition) is 1. The molecule has 8 heteroatoms. The highest BCUT2D eigenvalue weighted by atomic mass is 32.2. The molecular formula is C19H31N3O4S. The van der Waals surface area contributed by atoms with E-state index in [1.807, 2.05) is 0 Å². The molecular weight excluding hydrogens is 366 g/mol. The van der Waals surface area contributed by atoms with Gasteiger partial charge in [0.2, 0.25) is 15.9 Å². The number of carbonyl (C=O) groups is 1. The first-order valence-electron chi connectivity index (χ1n) is 9.63. The molecule has 1 N–H and O–H groups in total. The molecule has 0 saturated carbocycles. The van der Waals surface area contributed by atoms with Crippen LogP contribution in [0.1, 0.15) is 25.8 Å². The average molecular weight is 398 g/mol. The van der Waals surface area contributed by atoms with Crippen molar-refractivity contribution in [2.75, 3.05) is 52.5 Å². The van der Waals surface area contributed by atoms with E-state index >= 15 is 0 Å². The molecule has 0 unspecified atom stereocenters. The second-order valence-corrected chi connectivity index (χ2v) is 8.48. The van der Waals surface area contributed by atoms with Crippen molar-refractivity contribution < 1.29 is 17.9 Å². The lowest BCUT2D eigenvalue weighted by molar-refractivity contribution is -0.121. The second kappa shape index (κ2) is 10.8. The molecule has 0 spiro atoms. The molecule has 0 radical (unpaired) electrons. The fourth-order valence-corrected chi connectivity index (χ4v) is 4.41. The van der Waals surface area contributed by atoms with Crippen LogP contribution in [0, 0.1) is 0 Å². The van der Waals surface area contributed by atoms with E-state index in [0.29, 0.717) is 45.7 Å². The summed E-state index contributed by atoms with van der Waals surface area (Å²) in [5, 5.41) is 2.94. The number of nitrogens with one attached hydrogen (secondary N) is 1. The molecule has 7 nitrogen and oxygen atoms in total. The van der Waals surface area contributed by atoms with Crippen molar-refractivity contribution in [2.24, 2.45) is 0 Å². The van der Waals surface area contributed by atoms with Crippen LogP contribution in [0.25, 0.3) is 0 Å². The lowest BCUT2D eigenvalue weighted by Crippen LogP contribution is -2.40. The van der Waals surface area contributed by atoms with Gasteiger partial charge in [0, 0.05) is 32.6 Å². The van der Waals surface area contributed by atoms with E-state index in [4.69, 9.17) is 4.74 Å². The minimum atomic E-state index is -3.47. The van der Waals surface area contributed by atoms with Gasteiger partial charge in [-0.3, -0.25) is 4.79 Å². The topological polar surface area (TPSA) is 79.0 Å². The number of ether oxygens (including phenoxy) is 1. The van der Waals surface area contributed by atoms with Gasteiger partial charge in [0.05, 0.1) is 18.1 Å². The average Bonchev–Trinajstić information content (AvgIpc) is 2.70. The Hall–Kier alpha value is -1.48. The predicted molar refractivity (Wildman–Crippen MR) is 105 cm³/mol. The summed E-state index contributed by atoms with van der Waals surface area (Å²) in [6, 6.07) is 6.82. The highest BCUT2D eigenvalue weighted by Crippen LogP contribution is 2.18. The monoisotopic (exact) mass is 397 g/mol. The van der Waals surface area contributed by atoms with Crippen molar-refractivity contribution in [3.63, 3.8) is 0 Å². The number of nitrogens with zero attached hydrogens (tertiary/aromatic N) is 2. The first-order chi connectivity index (χ1) is 13.0. The molecule has 1 amide bonds. The Bertz CT molecular complexity index is 681. The van der Waals surface area contributed by atoms with Crippen LogP contribution >= 0.6 is 0 Å². The molecule has 1 aromatic rings. The van der Waals surface area contributed by atoms with E-state index < -0.39 is 10.0 Å². The summed E-state index contributed by atoms with van der Waals surface area (Å²) < 4.78 is 31.8. The number of aryl methyl sites for hydroxylation is 1.